The highest BCUT2D eigenvalue weighted by Gasteiger charge is 2.21. The summed E-state index contributed by atoms with van der Waals surface area (Å²) in [6.07, 6.45) is 3.81. The number of carbonyl (C=O) groups excluding carboxylic acids is 1. The van der Waals surface area contributed by atoms with Gasteiger partial charge in [-0.15, -0.1) is 0 Å². The first kappa shape index (κ1) is 11.5. The van der Waals surface area contributed by atoms with Crippen LogP contribution in [0.4, 0.5) is 0 Å². The number of ether oxygens (including phenoxy) is 1. The van der Waals surface area contributed by atoms with Gasteiger partial charge in [-0.25, -0.2) is 0 Å². The lowest BCUT2D eigenvalue weighted by Crippen LogP contribution is -2.44. The first-order chi connectivity index (χ1) is 6.74. The SMILES string of the molecule is CCNC(COCCC1CC1)C(N)=O. The molecule has 1 fully saturated rings. The van der Waals surface area contributed by atoms with E-state index in [1.807, 2.05) is 6.92 Å². The van der Waals surface area contributed by atoms with Crippen LogP contribution in [0.5, 0.6) is 0 Å². The fourth-order valence-electron chi connectivity index (χ4n) is 1.35. The highest BCUT2D eigenvalue weighted by atomic mass is 16.5. The number of likely N-dealkylation sites (N-methyl/N-ethyl adjacent to an activating group) is 1. The smallest absolute Gasteiger partial charge is 0.236 e. The Bertz CT molecular complexity index is 181. The minimum absolute atomic E-state index is 0.334. The van der Waals surface area contributed by atoms with Gasteiger partial charge in [0.2, 0.25) is 5.91 Å². The van der Waals surface area contributed by atoms with Crippen molar-refractivity contribution >= 4 is 5.91 Å². The molecule has 1 aliphatic carbocycles. The van der Waals surface area contributed by atoms with E-state index < -0.39 is 0 Å². The maximum Gasteiger partial charge on any atom is 0.236 e. The standard InChI is InChI=1S/C10H20N2O2/c1-2-12-9(10(11)13)7-14-6-5-8-3-4-8/h8-9,12H,2-7H2,1H3,(H2,11,13). The van der Waals surface area contributed by atoms with Crippen molar-refractivity contribution in [2.75, 3.05) is 19.8 Å². The lowest BCUT2D eigenvalue weighted by molar-refractivity contribution is -0.121. The lowest BCUT2D eigenvalue weighted by atomic mass is 10.3. The fraction of sp³-hybridized carbons (Fsp3) is 0.900. The molecule has 1 rings (SSSR count). The Kier molecular flexibility index (Phi) is 4.90. The highest BCUT2D eigenvalue weighted by molar-refractivity contribution is 5.79. The minimum atomic E-state index is -0.335. The van der Waals surface area contributed by atoms with Gasteiger partial charge in [0.05, 0.1) is 6.61 Å². The summed E-state index contributed by atoms with van der Waals surface area (Å²) >= 11 is 0. The summed E-state index contributed by atoms with van der Waals surface area (Å²) in [5, 5.41) is 2.99. The molecular formula is C10H20N2O2. The third-order valence-corrected chi connectivity index (χ3v) is 2.45. The molecule has 0 radical (unpaired) electrons. The van der Waals surface area contributed by atoms with Crippen molar-refractivity contribution < 1.29 is 9.53 Å². The van der Waals surface area contributed by atoms with Gasteiger partial charge in [0.25, 0.3) is 0 Å². The second-order valence-corrected chi connectivity index (χ2v) is 3.82. The summed E-state index contributed by atoms with van der Waals surface area (Å²) in [6, 6.07) is -0.334. The van der Waals surface area contributed by atoms with Crippen LogP contribution in [-0.4, -0.2) is 31.7 Å². The molecule has 0 aromatic carbocycles. The molecule has 0 heterocycles. The van der Waals surface area contributed by atoms with Gasteiger partial charge in [-0.2, -0.15) is 0 Å². The number of nitrogens with two attached hydrogens (primary N) is 1. The van der Waals surface area contributed by atoms with Gasteiger partial charge in [-0.05, 0) is 18.9 Å². The van der Waals surface area contributed by atoms with Gasteiger partial charge in [0.15, 0.2) is 0 Å². The van der Waals surface area contributed by atoms with E-state index in [9.17, 15) is 4.79 Å². The number of rotatable bonds is 8. The van der Waals surface area contributed by atoms with Crippen LogP contribution < -0.4 is 11.1 Å². The van der Waals surface area contributed by atoms with Crippen LogP contribution >= 0.6 is 0 Å². The molecule has 0 saturated heterocycles. The van der Waals surface area contributed by atoms with Gasteiger partial charge < -0.3 is 15.8 Å². The van der Waals surface area contributed by atoms with Crippen LogP contribution in [-0.2, 0) is 9.53 Å². The Hall–Kier alpha value is -0.610. The van der Waals surface area contributed by atoms with Crippen LogP contribution in [0.1, 0.15) is 26.2 Å². The van der Waals surface area contributed by atoms with Crippen LogP contribution in [0, 0.1) is 5.92 Å². The first-order valence-corrected chi connectivity index (χ1v) is 5.34. The summed E-state index contributed by atoms with van der Waals surface area (Å²) < 4.78 is 5.40. The lowest BCUT2D eigenvalue weighted by Gasteiger charge is -2.14. The van der Waals surface area contributed by atoms with Crippen molar-refractivity contribution in [1.29, 1.82) is 0 Å². The quantitative estimate of drug-likeness (QED) is 0.553. The third kappa shape index (κ3) is 4.58. The molecule has 1 saturated carbocycles. The summed E-state index contributed by atoms with van der Waals surface area (Å²) in [6.45, 7) is 3.83. The van der Waals surface area contributed by atoms with E-state index in [1.54, 1.807) is 0 Å². The summed E-state index contributed by atoms with van der Waals surface area (Å²) in [5.74, 6) is 0.541. The molecule has 0 aliphatic heterocycles. The highest BCUT2D eigenvalue weighted by Crippen LogP contribution is 2.31. The second kappa shape index (κ2) is 5.98. The molecule has 0 bridgehead atoms. The van der Waals surface area contributed by atoms with E-state index in [4.69, 9.17) is 10.5 Å². The number of carbonyl (C=O) groups is 1. The maximum absolute atomic E-state index is 10.9. The number of nitrogens with one attached hydrogen (secondary N) is 1. The predicted octanol–water partition coefficient (Wildman–Crippen LogP) is 0.267. The van der Waals surface area contributed by atoms with Crippen molar-refractivity contribution in [1.82, 2.24) is 5.32 Å². The molecule has 1 amide bonds. The molecule has 1 atom stereocenters. The Morgan fingerprint density at radius 3 is 2.86 bits per heavy atom. The van der Waals surface area contributed by atoms with Gasteiger partial charge in [0.1, 0.15) is 6.04 Å². The molecule has 4 heteroatoms. The third-order valence-electron chi connectivity index (χ3n) is 2.45. The molecule has 82 valence electrons. The van der Waals surface area contributed by atoms with Crippen LogP contribution in [0.15, 0.2) is 0 Å². The van der Waals surface area contributed by atoms with E-state index in [0.717, 1.165) is 25.5 Å². The van der Waals surface area contributed by atoms with Crippen LogP contribution in [0.25, 0.3) is 0 Å². The van der Waals surface area contributed by atoms with Crippen molar-refractivity contribution in [3.63, 3.8) is 0 Å². The zero-order valence-corrected chi connectivity index (χ0v) is 8.79. The predicted molar refractivity (Wildman–Crippen MR) is 54.8 cm³/mol. The Balaban J connectivity index is 2.02. The summed E-state index contributed by atoms with van der Waals surface area (Å²) in [7, 11) is 0. The van der Waals surface area contributed by atoms with Crippen LogP contribution in [0.2, 0.25) is 0 Å². The molecule has 1 aliphatic rings. The van der Waals surface area contributed by atoms with Crippen LogP contribution in [0.3, 0.4) is 0 Å². The molecule has 3 N–H and O–H groups in total. The van der Waals surface area contributed by atoms with E-state index in [0.29, 0.717) is 6.61 Å². The molecule has 0 aromatic rings. The van der Waals surface area contributed by atoms with Gasteiger partial charge in [0, 0.05) is 6.61 Å². The zero-order chi connectivity index (χ0) is 10.4. The number of primary amides is 1. The van der Waals surface area contributed by atoms with Crippen molar-refractivity contribution in [2.24, 2.45) is 11.7 Å². The molecule has 4 nitrogen and oxygen atoms in total. The summed E-state index contributed by atoms with van der Waals surface area (Å²) in [5.41, 5.74) is 5.20. The van der Waals surface area contributed by atoms with Gasteiger partial charge in [-0.3, -0.25) is 4.79 Å². The van der Waals surface area contributed by atoms with E-state index in [2.05, 4.69) is 5.32 Å². The molecule has 14 heavy (non-hydrogen) atoms. The van der Waals surface area contributed by atoms with Gasteiger partial charge >= 0.3 is 0 Å². The van der Waals surface area contributed by atoms with Crippen molar-refractivity contribution in [3.8, 4) is 0 Å². The fourth-order valence-corrected chi connectivity index (χ4v) is 1.35. The second-order valence-electron chi connectivity index (χ2n) is 3.82. The Labute approximate surface area is 85.2 Å². The molecule has 0 spiro atoms. The van der Waals surface area contributed by atoms with Gasteiger partial charge in [-0.1, -0.05) is 19.8 Å². The monoisotopic (exact) mass is 200 g/mol. The van der Waals surface area contributed by atoms with E-state index in [1.165, 1.54) is 12.8 Å². The topological polar surface area (TPSA) is 64.3 Å². The Morgan fingerprint density at radius 1 is 1.64 bits per heavy atom. The van der Waals surface area contributed by atoms with Crippen molar-refractivity contribution in [2.45, 2.75) is 32.2 Å². The molecular weight excluding hydrogens is 180 g/mol. The normalized spacial score (nSPS) is 18.1. The Morgan fingerprint density at radius 2 is 2.36 bits per heavy atom. The number of hydrogen-bond acceptors (Lipinski definition) is 3. The number of hydrogen-bond donors (Lipinski definition) is 2. The molecule has 0 aromatic heterocycles. The summed E-state index contributed by atoms with van der Waals surface area (Å²) in [4.78, 5) is 10.9. The molecule has 1 unspecified atom stereocenters. The van der Waals surface area contributed by atoms with E-state index >= 15 is 0 Å². The van der Waals surface area contributed by atoms with E-state index in [-0.39, 0.29) is 11.9 Å². The minimum Gasteiger partial charge on any atom is -0.379 e. The first-order valence-electron chi connectivity index (χ1n) is 5.34. The zero-order valence-electron chi connectivity index (χ0n) is 8.79. The van der Waals surface area contributed by atoms with Crippen molar-refractivity contribution in [3.05, 3.63) is 0 Å². The average molecular weight is 200 g/mol. The maximum atomic E-state index is 10.9. The largest absolute Gasteiger partial charge is 0.379 e. The average Bonchev–Trinajstić information content (AvgIpc) is 2.93. The number of amides is 1.